The fourth-order valence-electron chi connectivity index (χ4n) is 3.52. The average Bonchev–Trinajstić information content (AvgIpc) is 3.05. The first-order chi connectivity index (χ1) is 25.7. The first-order valence-corrected chi connectivity index (χ1v) is 15.1. The molecule has 0 aromatic carbocycles. The summed E-state index contributed by atoms with van der Waals surface area (Å²) in [5.74, 6) is -75.0. The lowest BCUT2D eigenvalue weighted by molar-refractivity contribution is -0.440. The van der Waals surface area contributed by atoms with E-state index in [1.807, 2.05) is 0 Å². The molecule has 0 aliphatic carbocycles. The van der Waals surface area contributed by atoms with Gasteiger partial charge >= 0.3 is 71.6 Å². The number of alkyl halides is 26. The van der Waals surface area contributed by atoms with E-state index in [1.54, 1.807) is 0 Å². The van der Waals surface area contributed by atoms with Crippen molar-refractivity contribution in [3.8, 4) is 0 Å². The summed E-state index contributed by atoms with van der Waals surface area (Å²) in [6.45, 7) is -7.19. The highest BCUT2D eigenvalue weighted by Crippen LogP contribution is 2.62. The van der Waals surface area contributed by atoms with Crippen LogP contribution in [-0.2, 0) is 28.4 Å². The number of rotatable bonds is 29. The molecular formula is C26H28F26O6. The van der Waals surface area contributed by atoms with Crippen molar-refractivity contribution in [1.29, 1.82) is 0 Å². The van der Waals surface area contributed by atoms with E-state index in [-0.39, 0.29) is 39.6 Å². The maximum Gasteiger partial charge on any atom is 0.460 e. The van der Waals surface area contributed by atoms with Gasteiger partial charge in [0.15, 0.2) is 0 Å². The zero-order valence-electron chi connectivity index (χ0n) is 28.2. The predicted molar refractivity (Wildman–Crippen MR) is 136 cm³/mol. The third kappa shape index (κ3) is 11.9. The molecule has 0 aromatic rings. The van der Waals surface area contributed by atoms with Crippen LogP contribution < -0.4 is 0 Å². The van der Waals surface area contributed by atoms with Gasteiger partial charge in [0.25, 0.3) is 0 Å². The Morgan fingerprint density at radius 3 is 0.517 bits per heavy atom. The van der Waals surface area contributed by atoms with Crippen LogP contribution in [0.5, 0.6) is 0 Å². The highest BCUT2D eigenvalue weighted by molar-refractivity contribution is 5.11. The maximum absolute atomic E-state index is 13.6. The van der Waals surface area contributed by atoms with Gasteiger partial charge in [-0.2, -0.15) is 114 Å². The van der Waals surface area contributed by atoms with E-state index < -0.39 is 124 Å². The Kier molecular flexibility index (Phi) is 19.1. The van der Waals surface area contributed by atoms with Gasteiger partial charge in [-0.25, -0.2) is 0 Å². The standard InChI is InChI=1S/C26H28F26O6/c27-15(28,17(31,32)19(35,36)21(39,40)23(43,44)25(47,48)49)1-3-53-5-7-55-9-11-57-13-14-58-12-10-56-8-6-54-4-2-16(29,30)18(33,34)20(37,38)22(41,42)24(45,46)26(50,51)52/h1-14H2. The van der Waals surface area contributed by atoms with Gasteiger partial charge in [0, 0.05) is 12.8 Å². The lowest BCUT2D eigenvalue weighted by Gasteiger charge is -2.39. The monoisotopic (exact) mass is 930 g/mol. The van der Waals surface area contributed by atoms with Gasteiger partial charge in [-0.05, 0) is 0 Å². The van der Waals surface area contributed by atoms with Gasteiger partial charge in [0.1, 0.15) is 0 Å². The van der Waals surface area contributed by atoms with Crippen molar-refractivity contribution in [2.45, 2.75) is 84.4 Å². The van der Waals surface area contributed by atoms with Gasteiger partial charge in [-0.3, -0.25) is 0 Å². The van der Waals surface area contributed by atoms with Gasteiger partial charge in [0.2, 0.25) is 0 Å². The first-order valence-electron chi connectivity index (χ1n) is 15.1. The summed E-state index contributed by atoms with van der Waals surface area (Å²) in [6.07, 6.45) is -20.2. The van der Waals surface area contributed by atoms with E-state index in [1.165, 1.54) is 0 Å². The summed E-state index contributed by atoms with van der Waals surface area (Å²) in [7, 11) is 0. The van der Waals surface area contributed by atoms with E-state index >= 15 is 0 Å². The highest BCUT2D eigenvalue weighted by atomic mass is 19.4. The zero-order valence-corrected chi connectivity index (χ0v) is 28.2. The van der Waals surface area contributed by atoms with Gasteiger partial charge in [0.05, 0.1) is 79.3 Å². The number of halogens is 26. The predicted octanol–water partition coefficient (Wildman–Crippen LogP) is 9.34. The molecular weight excluding hydrogens is 902 g/mol. The van der Waals surface area contributed by atoms with Crippen LogP contribution in [0.4, 0.5) is 114 Å². The van der Waals surface area contributed by atoms with E-state index in [2.05, 4.69) is 9.47 Å². The maximum atomic E-state index is 13.6. The Morgan fingerprint density at radius 2 is 0.345 bits per heavy atom. The Balaban J connectivity index is 4.26. The van der Waals surface area contributed by atoms with Crippen LogP contribution in [0.1, 0.15) is 12.8 Å². The molecule has 0 radical (unpaired) electrons. The topological polar surface area (TPSA) is 55.4 Å². The van der Waals surface area contributed by atoms with Gasteiger partial charge in [-0.15, -0.1) is 0 Å². The SMILES string of the molecule is FC(F)(F)C(F)(F)C(F)(F)C(F)(F)C(F)(F)C(F)(F)CCOCCOCCOCCOCCOCCOCCC(F)(F)C(F)(F)C(F)(F)C(F)(F)C(F)(F)C(F)(F)F. The van der Waals surface area contributed by atoms with Crippen LogP contribution in [-0.4, -0.2) is 151 Å². The number of hydrogen-bond acceptors (Lipinski definition) is 6. The molecule has 0 bridgehead atoms. The fourth-order valence-corrected chi connectivity index (χ4v) is 3.52. The molecule has 0 heterocycles. The summed E-state index contributed by atoms with van der Waals surface area (Å²) in [6, 6.07) is 0. The molecule has 0 N–H and O–H groups in total. The van der Waals surface area contributed by atoms with Crippen molar-refractivity contribution in [3.63, 3.8) is 0 Å². The molecule has 0 aliphatic rings. The van der Waals surface area contributed by atoms with Crippen LogP contribution in [0, 0.1) is 0 Å². The summed E-state index contributed by atoms with van der Waals surface area (Å²) >= 11 is 0. The summed E-state index contributed by atoms with van der Waals surface area (Å²) < 4.78 is 367. The molecule has 0 rings (SSSR count). The van der Waals surface area contributed by atoms with E-state index in [9.17, 15) is 114 Å². The molecule has 0 fully saturated rings. The third-order valence-corrected chi connectivity index (χ3v) is 6.98. The van der Waals surface area contributed by atoms with Crippen molar-refractivity contribution in [1.82, 2.24) is 0 Å². The molecule has 0 unspecified atom stereocenters. The zero-order chi connectivity index (χ0) is 46.1. The minimum atomic E-state index is -8.02. The minimum Gasteiger partial charge on any atom is -0.379 e. The second-order valence-electron chi connectivity index (χ2n) is 11.2. The normalized spacial score (nSPS) is 15.4. The molecule has 6 nitrogen and oxygen atoms in total. The molecule has 0 saturated heterocycles. The van der Waals surface area contributed by atoms with Crippen LogP contribution in [0.2, 0.25) is 0 Å². The van der Waals surface area contributed by atoms with E-state index in [0.29, 0.717) is 0 Å². The molecule has 0 saturated carbocycles. The first kappa shape index (κ1) is 55.9. The largest absolute Gasteiger partial charge is 0.460 e. The van der Waals surface area contributed by atoms with Crippen LogP contribution in [0.25, 0.3) is 0 Å². The summed E-state index contributed by atoms with van der Waals surface area (Å²) in [5.41, 5.74) is 0. The number of hydrogen-bond donors (Lipinski definition) is 0. The Labute approximate surface area is 307 Å². The molecule has 0 atom stereocenters. The Bertz CT molecular complexity index is 1130. The second-order valence-corrected chi connectivity index (χ2v) is 11.2. The lowest BCUT2D eigenvalue weighted by atomic mass is 9.93. The molecule has 58 heavy (non-hydrogen) atoms. The molecule has 0 spiro atoms. The fraction of sp³-hybridized carbons (Fsp3) is 1.00. The smallest absolute Gasteiger partial charge is 0.379 e. The van der Waals surface area contributed by atoms with Crippen molar-refractivity contribution in [2.24, 2.45) is 0 Å². The second kappa shape index (κ2) is 19.8. The quantitative estimate of drug-likeness (QED) is 0.0551. The molecule has 0 aromatic heterocycles. The molecule has 32 heteroatoms. The lowest BCUT2D eigenvalue weighted by Crippen LogP contribution is -2.70. The van der Waals surface area contributed by atoms with Crippen LogP contribution >= 0.6 is 0 Å². The van der Waals surface area contributed by atoms with Crippen molar-refractivity contribution >= 4 is 0 Å². The summed E-state index contributed by atoms with van der Waals surface area (Å²) in [5, 5.41) is 0. The average molecular weight is 930 g/mol. The molecule has 0 amide bonds. The summed E-state index contributed by atoms with van der Waals surface area (Å²) in [4.78, 5) is 0. The van der Waals surface area contributed by atoms with Gasteiger partial charge in [-0.1, -0.05) is 0 Å². The van der Waals surface area contributed by atoms with E-state index in [0.717, 1.165) is 0 Å². The molecule has 350 valence electrons. The Morgan fingerprint density at radius 1 is 0.190 bits per heavy atom. The highest BCUT2D eigenvalue weighted by Gasteiger charge is 2.92. The third-order valence-electron chi connectivity index (χ3n) is 6.98. The van der Waals surface area contributed by atoms with Gasteiger partial charge < -0.3 is 28.4 Å². The number of ether oxygens (including phenoxy) is 6. The minimum absolute atomic E-state index is 0.164. The van der Waals surface area contributed by atoms with Crippen LogP contribution in [0.15, 0.2) is 0 Å². The Hall–Kier alpha value is -2.06. The van der Waals surface area contributed by atoms with Crippen molar-refractivity contribution < 1.29 is 143 Å². The van der Waals surface area contributed by atoms with E-state index in [4.69, 9.17) is 18.9 Å². The molecule has 0 aliphatic heterocycles. The van der Waals surface area contributed by atoms with Crippen molar-refractivity contribution in [3.05, 3.63) is 0 Å². The van der Waals surface area contributed by atoms with Crippen LogP contribution in [0.3, 0.4) is 0 Å². The van der Waals surface area contributed by atoms with Crippen molar-refractivity contribution in [2.75, 3.05) is 79.3 Å².